The molecule has 3 heterocycles. The Kier molecular flexibility index (Phi) is 3.53. The molecule has 0 amide bonds. The first-order chi connectivity index (χ1) is 9.31. The predicted molar refractivity (Wildman–Crippen MR) is 68.0 cm³/mol. The molecule has 0 spiro atoms. The van der Waals surface area contributed by atoms with Crippen LogP contribution in [0, 0.1) is 0 Å². The summed E-state index contributed by atoms with van der Waals surface area (Å²) in [6.45, 7) is 2.90. The number of imidazole rings is 1. The SMILES string of the molecule is Clc1nc(NN2CCOCC2)nc(-n2ccnc2)n1. The summed E-state index contributed by atoms with van der Waals surface area (Å²) in [4.78, 5) is 16.3. The van der Waals surface area contributed by atoms with Gasteiger partial charge in [0.15, 0.2) is 0 Å². The Hall–Kier alpha value is -1.77. The van der Waals surface area contributed by atoms with Gasteiger partial charge < -0.3 is 4.74 Å². The normalized spacial score (nSPS) is 16.5. The highest BCUT2D eigenvalue weighted by Gasteiger charge is 2.13. The molecular weight excluding hydrogens is 270 g/mol. The van der Waals surface area contributed by atoms with Gasteiger partial charge in [-0.05, 0) is 11.6 Å². The number of anilines is 1. The highest BCUT2D eigenvalue weighted by atomic mass is 35.5. The number of ether oxygens (including phenoxy) is 1. The first kappa shape index (κ1) is 12.3. The van der Waals surface area contributed by atoms with Crippen LogP contribution in [0.2, 0.25) is 5.28 Å². The zero-order valence-corrected chi connectivity index (χ0v) is 10.8. The molecule has 3 rings (SSSR count). The maximum absolute atomic E-state index is 5.91. The van der Waals surface area contributed by atoms with Gasteiger partial charge in [-0.3, -0.25) is 9.99 Å². The third kappa shape index (κ3) is 2.98. The topological polar surface area (TPSA) is 81.0 Å². The number of halogens is 1. The zero-order chi connectivity index (χ0) is 13.1. The first-order valence-electron chi connectivity index (χ1n) is 5.80. The molecule has 8 nitrogen and oxygen atoms in total. The third-order valence-electron chi connectivity index (χ3n) is 2.60. The van der Waals surface area contributed by atoms with Crippen LogP contribution < -0.4 is 5.43 Å². The van der Waals surface area contributed by atoms with Crippen molar-refractivity contribution in [3.8, 4) is 5.95 Å². The lowest BCUT2D eigenvalue weighted by Crippen LogP contribution is -2.40. The lowest BCUT2D eigenvalue weighted by atomic mass is 10.5. The molecular formula is C10H12ClN7O. The summed E-state index contributed by atoms with van der Waals surface area (Å²) in [6, 6.07) is 0. The Morgan fingerprint density at radius 3 is 2.79 bits per heavy atom. The second kappa shape index (κ2) is 5.47. The van der Waals surface area contributed by atoms with E-state index in [9.17, 15) is 0 Å². The number of hydrogen-bond donors (Lipinski definition) is 1. The van der Waals surface area contributed by atoms with Crippen molar-refractivity contribution in [1.29, 1.82) is 0 Å². The molecule has 0 aromatic carbocycles. The lowest BCUT2D eigenvalue weighted by molar-refractivity contribution is 0.0492. The second-order valence-corrected chi connectivity index (χ2v) is 4.25. The van der Waals surface area contributed by atoms with E-state index in [1.807, 2.05) is 5.01 Å². The van der Waals surface area contributed by atoms with Crippen molar-refractivity contribution in [3.63, 3.8) is 0 Å². The molecule has 1 N–H and O–H groups in total. The van der Waals surface area contributed by atoms with E-state index in [0.717, 1.165) is 13.1 Å². The molecule has 0 atom stereocenters. The van der Waals surface area contributed by atoms with Crippen LogP contribution in [0.25, 0.3) is 5.95 Å². The van der Waals surface area contributed by atoms with Gasteiger partial charge >= 0.3 is 0 Å². The van der Waals surface area contributed by atoms with Crippen LogP contribution in [0.3, 0.4) is 0 Å². The quantitative estimate of drug-likeness (QED) is 0.870. The molecule has 9 heteroatoms. The van der Waals surface area contributed by atoms with E-state index in [-0.39, 0.29) is 5.28 Å². The van der Waals surface area contributed by atoms with Crippen LogP contribution in [0.15, 0.2) is 18.7 Å². The van der Waals surface area contributed by atoms with Crippen LogP contribution in [-0.2, 0) is 4.74 Å². The Morgan fingerprint density at radius 2 is 2.05 bits per heavy atom. The predicted octanol–water partition coefficient (Wildman–Crippen LogP) is 0.370. The first-order valence-corrected chi connectivity index (χ1v) is 6.18. The van der Waals surface area contributed by atoms with Crippen molar-refractivity contribution in [1.82, 2.24) is 29.5 Å². The number of hydrogen-bond acceptors (Lipinski definition) is 7. The molecule has 0 bridgehead atoms. The monoisotopic (exact) mass is 281 g/mol. The maximum atomic E-state index is 5.91. The third-order valence-corrected chi connectivity index (χ3v) is 2.77. The van der Waals surface area contributed by atoms with E-state index in [1.54, 1.807) is 23.3 Å². The molecule has 100 valence electrons. The van der Waals surface area contributed by atoms with Gasteiger partial charge in [-0.15, -0.1) is 0 Å². The Balaban J connectivity index is 1.81. The highest BCUT2D eigenvalue weighted by molar-refractivity contribution is 6.28. The van der Waals surface area contributed by atoms with Crippen molar-refractivity contribution >= 4 is 17.5 Å². The van der Waals surface area contributed by atoms with Gasteiger partial charge in [-0.25, -0.2) is 9.99 Å². The van der Waals surface area contributed by atoms with E-state index in [4.69, 9.17) is 16.3 Å². The summed E-state index contributed by atoms with van der Waals surface area (Å²) in [5.74, 6) is 0.832. The van der Waals surface area contributed by atoms with Crippen LogP contribution in [-0.4, -0.2) is 55.8 Å². The molecule has 1 aliphatic rings. The molecule has 1 fully saturated rings. The Labute approximate surface area is 114 Å². The summed E-state index contributed by atoms with van der Waals surface area (Å²) in [5.41, 5.74) is 3.10. The van der Waals surface area contributed by atoms with E-state index < -0.39 is 0 Å². The maximum Gasteiger partial charge on any atom is 0.243 e. The van der Waals surface area contributed by atoms with Crippen LogP contribution in [0.4, 0.5) is 5.95 Å². The highest BCUT2D eigenvalue weighted by Crippen LogP contribution is 2.10. The Morgan fingerprint density at radius 1 is 1.21 bits per heavy atom. The zero-order valence-electron chi connectivity index (χ0n) is 10.0. The molecule has 2 aromatic rings. The Bertz CT molecular complexity index is 541. The minimum atomic E-state index is 0.134. The molecule has 19 heavy (non-hydrogen) atoms. The largest absolute Gasteiger partial charge is 0.379 e. The van der Waals surface area contributed by atoms with E-state index in [2.05, 4.69) is 25.4 Å². The lowest BCUT2D eigenvalue weighted by Gasteiger charge is -2.26. The van der Waals surface area contributed by atoms with Gasteiger partial charge in [0, 0.05) is 25.5 Å². The fraction of sp³-hybridized carbons (Fsp3) is 0.400. The fourth-order valence-electron chi connectivity index (χ4n) is 1.70. The average Bonchev–Trinajstić information content (AvgIpc) is 2.93. The van der Waals surface area contributed by atoms with Gasteiger partial charge in [0.2, 0.25) is 17.2 Å². The fourth-order valence-corrected chi connectivity index (χ4v) is 1.85. The number of rotatable bonds is 3. The summed E-state index contributed by atoms with van der Waals surface area (Å²) < 4.78 is 6.94. The molecule has 1 saturated heterocycles. The summed E-state index contributed by atoms with van der Waals surface area (Å²) in [5, 5.41) is 2.11. The summed E-state index contributed by atoms with van der Waals surface area (Å²) in [6.07, 6.45) is 4.99. The smallest absolute Gasteiger partial charge is 0.243 e. The minimum absolute atomic E-state index is 0.134. The van der Waals surface area contributed by atoms with E-state index in [0.29, 0.717) is 25.1 Å². The molecule has 2 aromatic heterocycles. The number of morpholine rings is 1. The van der Waals surface area contributed by atoms with Gasteiger partial charge in [0.05, 0.1) is 13.2 Å². The molecule has 0 radical (unpaired) electrons. The summed E-state index contributed by atoms with van der Waals surface area (Å²) >= 11 is 5.91. The van der Waals surface area contributed by atoms with Gasteiger partial charge in [0.25, 0.3) is 0 Å². The van der Waals surface area contributed by atoms with Crippen LogP contribution >= 0.6 is 11.6 Å². The number of hydrazine groups is 1. The van der Waals surface area contributed by atoms with Crippen LogP contribution in [0.1, 0.15) is 0 Å². The van der Waals surface area contributed by atoms with Crippen molar-refractivity contribution in [2.45, 2.75) is 0 Å². The van der Waals surface area contributed by atoms with Gasteiger partial charge in [-0.2, -0.15) is 15.0 Å². The van der Waals surface area contributed by atoms with E-state index >= 15 is 0 Å². The van der Waals surface area contributed by atoms with Crippen LogP contribution in [0.5, 0.6) is 0 Å². The molecule has 0 aliphatic carbocycles. The standard InChI is InChI=1S/C10H12ClN7O/c11-8-13-9(16-18-3-5-19-6-4-18)15-10(14-8)17-2-1-12-7-17/h1-2,7H,3-6H2,(H,13,14,15,16). The number of aromatic nitrogens is 5. The van der Waals surface area contributed by atoms with Gasteiger partial charge in [0.1, 0.15) is 6.33 Å². The minimum Gasteiger partial charge on any atom is -0.379 e. The van der Waals surface area contributed by atoms with Crippen molar-refractivity contribution in [2.24, 2.45) is 0 Å². The van der Waals surface area contributed by atoms with Crippen molar-refractivity contribution in [3.05, 3.63) is 24.0 Å². The average molecular weight is 282 g/mol. The summed E-state index contributed by atoms with van der Waals surface area (Å²) in [7, 11) is 0. The molecule has 0 unspecified atom stereocenters. The number of nitrogens with one attached hydrogen (secondary N) is 1. The van der Waals surface area contributed by atoms with E-state index in [1.165, 1.54) is 0 Å². The van der Waals surface area contributed by atoms with Crippen molar-refractivity contribution in [2.75, 3.05) is 31.7 Å². The molecule has 1 aliphatic heterocycles. The number of nitrogens with zero attached hydrogens (tertiary/aromatic N) is 6. The second-order valence-electron chi connectivity index (χ2n) is 3.91. The van der Waals surface area contributed by atoms with Gasteiger partial charge in [-0.1, -0.05) is 0 Å². The molecule has 0 saturated carbocycles. The van der Waals surface area contributed by atoms with Crippen molar-refractivity contribution < 1.29 is 4.74 Å².